The summed E-state index contributed by atoms with van der Waals surface area (Å²) in [5, 5.41) is 0. The third-order valence-electron chi connectivity index (χ3n) is 3.37. The van der Waals surface area contributed by atoms with Crippen LogP contribution in [0.4, 0.5) is 0 Å². The number of likely N-dealkylation sites (tertiary alicyclic amines) is 1. The molecule has 4 heteroatoms. The highest BCUT2D eigenvalue weighted by molar-refractivity contribution is 9.10. The second kappa shape index (κ2) is 5.19. The smallest absolute Gasteiger partial charge is 0.221 e. The van der Waals surface area contributed by atoms with Crippen LogP contribution < -0.4 is 5.73 Å². The predicted molar refractivity (Wildman–Crippen MR) is 71.5 cm³/mol. The molecule has 2 rings (SSSR count). The highest BCUT2D eigenvalue weighted by Gasteiger charge is 2.26. The Morgan fingerprint density at radius 1 is 1.59 bits per heavy atom. The Morgan fingerprint density at radius 3 is 2.94 bits per heavy atom. The summed E-state index contributed by atoms with van der Waals surface area (Å²) >= 11 is 3.46. The molecule has 0 spiro atoms. The molecule has 17 heavy (non-hydrogen) atoms. The number of nitrogens with zero attached hydrogens (tertiary/aromatic N) is 1. The molecule has 0 aliphatic carbocycles. The molecule has 1 aromatic rings. The Hall–Kier alpha value is -0.870. The number of amides is 1. The van der Waals surface area contributed by atoms with Crippen molar-refractivity contribution in [1.82, 2.24) is 4.90 Å². The Morgan fingerprint density at radius 2 is 2.35 bits per heavy atom. The molecular weight excluding hydrogens is 280 g/mol. The van der Waals surface area contributed by atoms with Crippen molar-refractivity contribution in [3.63, 3.8) is 0 Å². The molecule has 1 saturated heterocycles. The maximum Gasteiger partial charge on any atom is 0.221 e. The van der Waals surface area contributed by atoms with Gasteiger partial charge in [0.2, 0.25) is 5.91 Å². The summed E-state index contributed by atoms with van der Waals surface area (Å²) in [4.78, 5) is 13.4. The van der Waals surface area contributed by atoms with Gasteiger partial charge in [0.15, 0.2) is 0 Å². The molecule has 3 nitrogen and oxygen atoms in total. The van der Waals surface area contributed by atoms with Gasteiger partial charge >= 0.3 is 0 Å². The Labute approximate surface area is 110 Å². The first-order valence-electron chi connectivity index (χ1n) is 5.83. The van der Waals surface area contributed by atoms with Crippen LogP contribution in [0.5, 0.6) is 0 Å². The van der Waals surface area contributed by atoms with Crippen molar-refractivity contribution in [3.05, 3.63) is 33.8 Å². The number of carbonyl (C=O) groups excluding carboxylic acids is 1. The van der Waals surface area contributed by atoms with Crippen molar-refractivity contribution in [1.29, 1.82) is 0 Å². The van der Waals surface area contributed by atoms with E-state index in [1.54, 1.807) is 0 Å². The SMILES string of the molecule is Cc1cc(Br)ccc1CN1CC[C@H](C(N)=O)C1. The molecule has 0 aromatic heterocycles. The summed E-state index contributed by atoms with van der Waals surface area (Å²) in [6, 6.07) is 6.32. The van der Waals surface area contributed by atoms with Gasteiger partial charge in [0.05, 0.1) is 5.92 Å². The maximum atomic E-state index is 11.1. The zero-order valence-corrected chi connectivity index (χ0v) is 11.5. The van der Waals surface area contributed by atoms with Crippen LogP contribution in [0.1, 0.15) is 17.5 Å². The second-order valence-corrected chi connectivity index (χ2v) is 5.61. The quantitative estimate of drug-likeness (QED) is 0.928. The average Bonchev–Trinajstić information content (AvgIpc) is 2.71. The molecule has 1 fully saturated rings. The molecule has 0 unspecified atom stereocenters. The first-order valence-corrected chi connectivity index (χ1v) is 6.62. The number of hydrogen-bond donors (Lipinski definition) is 1. The zero-order valence-electron chi connectivity index (χ0n) is 9.95. The van der Waals surface area contributed by atoms with E-state index in [1.165, 1.54) is 11.1 Å². The second-order valence-electron chi connectivity index (χ2n) is 4.69. The molecule has 1 heterocycles. The number of aryl methyl sites for hydroxylation is 1. The van der Waals surface area contributed by atoms with Gasteiger partial charge in [0, 0.05) is 17.6 Å². The van der Waals surface area contributed by atoms with Crippen LogP contribution >= 0.6 is 15.9 Å². The van der Waals surface area contributed by atoms with Gasteiger partial charge in [-0.15, -0.1) is 0 Å². The highest BCUT2D eigenvalue weighted by Crippen LogP contribution is 2.21. The van der Waals surface area contributed by atoms with Crippen molar-refractivity contribution >= 4 is 21.8 Å². The van der Waals surface area contributed by atoms with E-state index in [9.17, 15) is 4.79 Å². The van der Waals surface area contributed by atoms with Crippen molar-refractivity contribution in [2.24, 2.45) is 11.7 Å². The number of nitrogens with two attached hydrogens (primary N) is 1. The lowest BCUT2D eigenvalue weighted by molar-refractivity contribution is -0.121. The van der Waals surface area contributed by atoms with Crippen LogP contribution in [0.3, 0.4) is 0 Å². The summed E-state index contributed by atoms with van der Waals surface area (Å²) < 4.78 is 1.11. The molecule has 0 bridgehead atoms. The van der Waals surface area contributed by atoms with E-state index in [0.717, 1.165) is 30.5 Å². The first-order chi connectivity index (χ1) is 8.06. The number of benzene rings is 1. The summed E-state index contributed by atoms with van der Waals surface area (Å²) in [5.74, 6) is -0.134. The monoisotopic (exact) mass is 296 g/mol. The van der Waals surface area contributed by atoms with Crippen LogP contribution in [0.25, 0.3) is 0 Å². The van der Waals surface area contributed by atoms with E-state index in [4.69, 9.17) is 5.73 Å². The van der Waals surface area contributed by atoms with Gasteiger partial charge in [-0.3, -0.25) is 9.69 Å². The Kier molecular flexibility index (Phi) is 3.84. The minimum atomic E-state index is -0.167. The van der Waals surface area contributed by atoms with E-state index in [-0.39, 0.29) is 11.8 Å². The fourth-order valence-corrected chi connectivity index (χ4v) is 2.76. The van der Waals surface area contributed by atoms with Gasteiger partial charge in [-0.2, -0.15) is 0 Å². The fourth-order valence-electron chi connectivity index (χ4n) is 2.29. The number of carbonyl (C=O) groups is 1. The van der Waals surface area contributed by atoms with Gasteiger partial charge < -0.3 is 5.73 Å². The van der Waals surface area contributed by atoms with Gasteiger partial charge in [0.25, 0.3) is 0 Å². The maximum absolute atomic E-state index is 11.1. The Bertz CT molecular complexity index is 433. The largest absolute Gasteiger partial charge is 0.369 e. The predicted octanol–water partition coefficient (Wildman–Crippen LogP) is 2.06. The van der Waals surface area contributed by atoms with Crippen LogP contribution in [0.2, 0.25) is 0 Å². The topological polar surface area (TPSA) is 46.3 Å². The van der Waals surface area contributed by atoms with Crippen LogP contribution in [-0.2, 0) is 11.3 Å². The minimum Gasteiger partial charge on any atom is -0.369 e. The van der Waals surface area contributed by atoms with E-state index < -0.39 is 0 Å². The van der Waals surface area contributed by atoms with Crippen molar-refractivity contribution in [2.75, 3.05) is 13.1 Å². The zero-order chi connectivity index (χ0) is 12.4. The summed E-state index contributed by atoms with van der Waals surface area (Å²) in [6.45, 7) is 4.78. The number of primary amides is 1. The number of rotatable bonds is 3. The third kappa shape index (κ3) is 3.07. The number of hydrogen-bond acceptors (Lipinski definition) is 2. The summed E-state index contributed by atoms with van der Waals surface area (Å²) in [5.41, 5.74) is 7.93. The third-order valence-corrected chi connectivity index (χ3v) is 3.87. The molecule has 2 N–H and O–H groups in total. The van der Waals surface area contributed by atoms with Crippen molar-refractivity contribution in [2.45, 2.75) is 19.9 Å². The fraction of sp³-hybridized carbons (Fsp3) is 0.462. The molecule has 0 radical (unpaired) electrons. The molecule has 1 amide bonds. The van der Waals surface area contributed by atoms with E-state index in [0.29, 0.717) is 0 Å². The van der Waals surface area contributed by atoms with E-state index >= 15 is 0 Å². The molecule has 1 aromatic carbocycles. The van der Waals surface area contributed by atoms with Crippen molar-refractivity contribution < 1.29 is 4.79 Å². The molecule has 92 valence electrons. The summed E-state index contributed by atoms with van der Waals surface area (Å²) in [7, 11) is 0. The van der Waals surface area contributed by atoms with Crippen molar-refractivity contribution in [3.8, 4) is 0 Å². The first kappa shape index (κ1) is 12.6. The molecular formula is C13H17BrN2O. The standard InChI is InChI=1S/C13H17BrN2O/c1-9-6-12(14)3-2-10(9)7-16-5-4-11(8-16)13(15)17/h2-3,6,11H,4-5,7-8H2,1H3,(H2,15,17)/t11-/m0/s1. The van der Waals surface area contributed by atoms with E-state index in [2.05, 4.69) is 46.0 Å². The highest BCUT2D eigenvalue weighted by atomic mass is 79.9. The van der Waals surface area contributed by atoms with Gasteiger partial charge in [0.1, 0.15) is 0 Å². The van der Waals surface area contributed by atoms with Crippen LogP contribution in [0.15, 0.2) is 22.7 Å². The molecule has 1 aliphatic rings. The summed E-state index contributed by atoms with van der Waals surface area (Å²) in [6.07, 6.45) is 0.894. The molecule has 1 atom stereocenters. The molecule has 1 aliphatic heterocycles. The lowest BCUT2D eigenvalue weighted by atomic mass is 10.1. The van der Waals surface area contributed by atoms with Gasteiger partial charge in [-0.25, -0.2) is 0 Å². The lowest BCUT2D eigenvalue weighted by Crippen LogP contribution is -2.27. The van der Waals surface area contributed by atoms with Crippen LogP contribution in [0, 0.1) is 12.8 Å². The molecule has 0 saturated carbocycles. The van der Waals surface area contributed by atoms with Gasteiger partial charge in [-0.1, -0.05) is 22.0 Å². The number of halogens is 1. The average molecular weight is 297 g/mol. The van der Waals surface area contributed by atoms with E-state index in [1.807, 2.05) is 0 Å². The minimum absolute atomic E-state index is 0.0331. The van der Waals surface area contributed by atoms with Gasteiger partial charge in [-0.05, 0) is 43.1 Å². The Balaban J connectivity index is 2.00. The normalized spacial score (nSPS) is 20.7. The van der Waals surface area contributed by atoms with Crippen LogP contribution in [-0.4, -0.2) is 23.9 Å². The lowest BCUT2D eigenvalue weighted by Gasteiger charge is -2.17.